The van der Waals surface area contributed by atoms with Crippen molar-refractivity contribution in [1.82, 2.24) is 0 Å². The lowest BCUT2D eigenvalue weighted by atomic mass is 10.1. The first-order chi connectivity index (χ1) is 11.4. The van der Waals surface area contributed by atoms with Crippen molar-refractivity contribution in [3.8, 4) is 0 Å². The summed E-state index contributed by atoms with van der Waals surface area (Å²) in [5.74, 6) is 0.0204. The van der Waals surface area contributed by atoms with Crippen LogP contribution in [0.4, 0.5) is 0 Å². The van der Waals surface area contributed by atoms with Gasteiger partial charge in [-0.15, -0.1) is 0 Å². The van der Waals surface area contributed by atoms with Gasteiger partial charge in [0, 0.05) is 31.2 Å². The zero-order valence-electron chi connectivity index (χ0n) is 12.5. The first kappa shape index (κ1) is 17.6. The molecule has 0 aliphatic heterocycles. The van der Waals surface area contributed by atoms with Gasteiger partial charge in [-0.1, -0.05) is 58.5 Å². The molecule has 24 heavy (non-hydrogen) atoms. The third-order valence-electron chi connectivity index (χ3n) is 3.83. The van der Waals surface area contributed by atoms with E-state index in [0.717, 1.165) is 22.3 Å². The van der Waals surface area contributed by atoms with E-state index in [1.807, 2.05) is 24.3 Å². The molecule has 0 N–H and O–H groups in total. The number of carbonyl (C=O) groups excluding carboxylic acids is 1. The predicted molar refractivity (Wildman–Crippen MR) is 103 cm³/mol. The standard InChI is InChI=1S/C19H12Cl4O/c20-15-5-3-11(17(22)9-15)7-13-1-2-14(19(13)24)8-12-4-6-16(21)10-18(12)23/h3-10H,1-2H2/b13-7+,14-8+. The van der Waals surface area contributed by atoms with Crippen molar-refractivity contribution in [2.75, 3.05) is 0 Å². The Labute approximate surface area is 160 Å². The Morgan fingerprint density at radius 2 is 1.12 bits per heavy atom. The van der Waals surface area contributed by atoms with E-state index in [1.165, 1.54) is 0 Å². The van der Waals surface area contributed by atoms with E-state index in [9.17, 15) is 4.79 Å². The first-order valence-corrected chi connectivity index (χ1v) is 8.81. The van der Waals surface area contributed by atoms with Gasteiger partial charge in [-0.05, 0) is 60.4 Å². The summed E-state index contributed by atoms with van der Waals surface area (Å²) in [5.41, 5.74) is 3.04. The number of hydrogen-bond donors (Lipinski definition) is 0. The van der Waals surface area contributed by atoms with Crippen molar-refractivity contribution < 1.29 is 4.79 Å². The average Bonchev–Trinajstić information content (AvgIpc) is 2.86. The largest absolute Gasteiger partial charge is 0.289 e. The summed E-state index contributed by atoms with van der Waals surface area (Å²) in [6.07, 6.45) is 5.00. The Morgan fingerprint density at radius 3 is 1.50 bits per heavy atom. The normalized spacial score (nSPS) is 17.9. The lowest BCUT2D eigenvalue weighted by Gasteiger charge is -2.02. The van der Waals surface area contributed by atoms with Crippen LogP contribution in [-0.2, 0) is 4.79 Å². The van der Waals surface area contributed by atoms with Gasteiger partial charge >= 0.3 is 0 Å². The number of carbonyl (C=O) groups is 1. The topological polar surface area (TPSA) is 17.1 Å². The zero-order chi connectivity index (χ0) is 17.3. The van der Waals surface area contributed by atoms with Crippen LogP contribution in [0.5, 0.6) is 0 Å². The molecule has 0 atom stereocenters. The van der Waals surface area contributed by atoms with Crippen molar-refractivity contribution >= 4 is 64.3 Å². The van der Waals surface area contributed by atoms with Gasteiger partial charge in [-0.3, -0.25) is 4.79 Å². The van der Waals surface area contributed by atoms with Crippen molar-refractivity contribution in [2.24, 2.45) is 0 Å². The molecule has 5 heteroatoms. The average molecular weight is 398 g/mol. The van der Waals surface area contributed by atoms with Crippen LogP contribution < -0.4 is 0 Å². The number of allylic oxidation sites excluding steroid dienone is 2. The van der Waals surface area contributed by atoms with Crippen molar-refractivity contribution in [1.29, 1.82) is 0 Å². The molecule has 0 spiro atoms. The zero-order valence-corrected chi connectivity index (χ0v) is 15.5. The summed E-state index contributed by atoms with van der Waals surface area (Å²) in [6, 6.07) is 10.5. The maximum absolute atomic E-state index is 12.6. The second-order valence-corrected chi connectivity index (χ2v) is 7.19. The second-order valence-electron chi connectivity index (χ2n) is 5.50. The highest BCUT2D eigenvalue weighted by atomic mass is 35.5. The highest BCUT2D eigenvalue weighted by Gasteiger charge is 2.23. The van der Waals surface area contributed by atoms with Gasteiger partial charge in [-0.2, -0.15) is 0 Å². The summed E-state index contributed by atoms with van der Waals surface area (Å²) in [6.45, 7) is 0. The van der Waals surface area contributed by atoms with Gasteiger partial charge in [0.25, 0.3) is 0 Å². The highest BCUT2D eigenvalue weighted by Crippen LogP contribution is 2.33. The van der Waals surface area contributed by atoms with Crippen LogP contribution in [0.1, 0.15) is 24.0 Å². The third-order valence-corrected chi connectivity index (χ3v) is 4.96. The van der Waals surface area contributed by atoms with Gasteiger partial charge in [0.05, 0.1) is 0 Å². The third kappa shape index (κ3) is 3.87. The molecule has 2 aromatic rings. The summed E-state index contributed by atoms with van der Waals surface area (Å²) < 4.78 is 0. The van der Waals surface area contributed by atoms with E-state index in [2.05, 4.69) is 0 Å². The second kappa shape index (κ2) is 7.33. The maximum Gasteiger partial charge on any atom is 0.185 e. The molecule has 0 aromatic heterocycles. The Balaban J connectivity index is 1.89. The van der Waals surface area contributed by atoms with E-state index < -0.39 is 0 Å². The lowest BCUT2D eigenvalue weighted by Crippen LogP contribution is -1.96. The monoisotopic (exact) mass is 396 g/mol. The fourth-order valence-corrected chi connectivity index (χ4v) is 3.52. The number of benzene rings is 2. The van der Waals surface area contributed by atoms with Gasteiger partial charge in [0.15, 0.2) is 5.78 Å². The van der Waals surface area contributed by atoms with E-state index >= 15 is 0 Å². The first-order valence-electron chi connectivity index (χ1n) is 7.30. The molecular formula is C19H12Cl4O. The summed E-state index contributed by atoms with van der Waals surface area (Å²) in [7, 11) is 0. The molecule has 1 nitrogen and oxygen atoms in total. The van der Waals surface area contributed by atoms with Gasteiger partial charge < -0.3 is 0 Å². The van der Waals surface area contributed by atoms with E-state index in [0.29, 0.717) is 32.9 Å². The van der Waals surface area contributed by atoms with Gasteiger partial charge in [-0.25, -0.2) is 0 Å². The van der Waals surface area contributed by atoms with Crippen molar-refractivity contribution in [2.45, 2.75) is 12.8 Å². The van der Waals surface area contributed by atoms with Crippen LogP contribution >= 0.6 is 46.4 Å². The molecule has 1 fully saturated rings. The van der Waals surface area contributed by atoms with Crippen LogP contribution in [0.2, 0.25) is 20.1 Å². The molecule has 1 saturated carbocycles. The quantitative estimate of drug-likeness (QED) is 0.492. The fraction of sp³-hybridized carbons (Fsp3) is 0.105. The van der Waals surface area contributed by atoms with Crippen molar-refractivity contribution in [3.63, 3.8) is 0 Å². The predicted octanol–water partition coefficient (Wildman–Crippen LogP) is 7.13. The Bertz CT molecular complexity index is 809. The molecule has 3 rings (SSSR count). The highest BCUT2D eigenvalue weighted by molar-refractivity contribution is 6.36. The maximum atomic E-state index is 12.6. The molecule has 0 amide bonds. The minimum atomic E-state index is 0.0204. The van der Waals surface area contributed by atoms with Gasteiger partial charge in [0.1, 0.15) is 0 Å². The number of ketones is 1. The van der Waals surface area contributed by atoms with E-state index in [4.69, 9.17) is 46.4 Å². The molecule has 0 bridgehead atoms. The molecule has 1 aliphatic carbocycles. The van der Waals surface area contributed by atoms with Gasteiger partial charge in [0.2, 0.25) is 0 Å². The SMILES string of the molecule is O=C1/C(=C/c2ccc(Cl)cc2Cl)CC/C1=C\c1ccc(Cl)cc1Cl. The number of rotatable bonds is 2. The van der Waals surface area contributed by atoms with Crippen molar-refractivity contribution in [3.05, 3.63) is 78.8 Å². The molecule has 0 saturated heterocycles. The van der Waals surface area contributed by atoms with E-state index in [-0.39, 0.29) is 5.78 Å². The molecule has 1 aliphatic rings. The molecule has 122 valence electrons. The summed E-state index contributed by atoms with van der Waals surface area (Å²) in [4.78, 5) is 12.6. The Morgan fingerprint density at radius 1 is 0.708 bits per heavy atom. The Hall–Kier alpha value is -1.25. The number of Topliss-reactive ketones (excluding diaryl/α,β-unsaturated/α-hetero) is 1. The minimum absolute atomic E-state index is 0.0204. The molecular weight excluding hydrogens is 386 g/mol. The summed E-state index contributed by atoms with van der Waals surface area (Å²) >= 11 is 24.1. The number of halogens is 4. The van der Waals surface area contributed by atoms with Crippen LogP contribution in [0.25, 0.3) is 12.2 Å². The van der Waals surface area contributed by atoms with E-state index in [1.54, 1.807) is 24.3 Å². The summed E-state index contributed by atoms with van der Waals surface area (Å²) in [5, 5.41) is 2.19. The molecule has 0 heterocycles. The van der Waals surface area contributed by atoms with Crippen LogP contribution in [0, 0.1) is 0 Å². The van der Waals surface area contributed by atoms with Crippen LogP contribution in [0.3, 0.4) is 0 Å². The smallest absolute Gasteiger partial charge is 0.185 e. The Kier molecular flexibility index (Phi) is 5.36. The lowest BCUT2D eigenvalue weighted by molar-refractivity contribution is -0.111. The molecule has 2 aromatic carbocycles. The molecule has 0 radical (unpaired) electrons. The molecule has 0 unspecified atom stereocenters. The number of hydrogen-bond acceptors (Lipinski definition) is 1. The van der Waals surface area contributed by atoms with Crippen LogP contribution in [0.15, 0.2) is 47.5 Å². The van der Waals surface area contributed by atoms with Crippen LogP contribution in [-0.4, -0.2) is 5.78 Å². The fourth-order valence-electron chi connectivity index (χ4n) is 2.59. The minimum Gasteiger partial charge on any atom is -0.289 e.